The molecule has 0 spiro atoms. The lowest BCUT2D eigenvalue weighted by Gasteiger charge is -2.59. The van der Waals surface area contributed by atoms with Crippen molar-refractivity contribution in [2.24, 2.45) is 86.6 Å². The highest BCUT2D eigenvalue weighted by atomic mass is 19.1. The number of ketones is 2. The predicted molar refractivity (Wildman–Crippen MR) is 274 cm³/mol. The van der Waals surface area contributed by atoms with Gasteiger partial charge in [-0.05, 0) is 173 Å². The zero-order chi connectivity index (χ0) is 52.9. The van der Waals surface area contributed by atoms with Gasteiger partial charge < -0.3 is 36.2 Å². The second kappa shape index (κ2) is 19.8. The van der Waals surface area contributed by atoms with Crippen LogP contribution >= 0.6 is 0 Å². The van der Waals surface area contributed by atoms with Gasteiger partial charge in [-0.3, -0.25) is 24.0 Å². The van der Waals surface area contributed by atoms with Crippen molar-refractivity contribution < 1.29 is 48.1 Å². The molecule has 1 saturated heterocycles. The number of fused-ring (bicyclic) bond motifs is 10. The van der Waals surface area contributed by atoms with Crippen molar-refractivity contribution in [2.45, 2.75) is 194 Å². The van der Waals surface area contributed by atoms with Crippen LogP contribution in [-0.4, -0.2) is 106 Å². The Labute approximate surface area is 432 Å². The van der Waals surface area contributed by atoms with Gasteiger partial charge in [0.2, 0.25) is 17.7 Å². The lowest BCUT2D eigenvalue weighted by molar-refractivity contribution is -0.169. The molecule has 402 valence electrons. The molecule has 9 aliphatic rings. The number of aliphatic hydroxyl groups is 2. The molecule has 0 radical (unpaired) electrons. The van der Waals surface area contributed by atoms with Crippen molar-refractivity contribution in [3.63, 3.8) is 0 Å². The van der Waals surface area contributed by atoms with Crippen molar-refractivity contribution in [1.82, 2.24) is 15.5 Å². The maximum absolute atomic E-state index is 16.3. The largest absolute Gasteiger partial charge is 0.458 e. The SMILES string of the molecule is CC(C)[C@H](NC(=O)[C@@H]1CCCN1C(=O)[C@H](C)NC(=O)[C@H](C)N)C(=O)OC(C[C@H]1CC[C@H]2[C@@H]3CCC4=CCC=C[C@]4(C)[C@H]3CC[C@]12C)C(O)C(=O)[C@H]1[C@H](C)C[C@H]2[C@@H]3C[C@H](F)C4=CC(=O)C=C[C@]4(C)[C@H]3[C@@H](O)C[C@@]21C. The molecule has 2 unspecified atom stereocenters. The Kier molecular flexibility index (Phi) is 14.6. The minimum absolute atomic E-state index is 0.0315. The molecule has 13 nitrogen and oxygen atoms in total. The number of halogens is 1. The number of nitrogens with one attached hydrogen (secondary N) is 2. The number of nitrogens with two attached hydrogens (primary N) is 1. The summed E-state index contributed by atoms with van der Waals surface area (Å²) in [6.45, 7) is 17.7. The van der Waals surface area contributed by atoms with E-state index in [2.05, 4.69) is 42.7 Å². The van der Waals surface area contributed by atoms with Crippen LogP contribution in [0.15, 0.2) is 47.6 Å². The van der Waals surface area contributed by atoms with Gasteiger partial charge in [0.05, 0.1) is 12.1 Å². The van der Waals surface area contributed by atoms with Crippen LogP contribution in [0.1, 0.15) is 146 Å². The summed E-state index contributed by atoms with van der Waals surface area (Å²) in [6, 6.07) is -3.83. The highest BCUT2D eigenvalue weighted by Gasteiger charge is 2.67. The van der Waals surface area contributed by atoms with Crippen molar-refractivity contribution in [2.75, 3.05) is 6.54 Å². The third-order valence-electron chi connectivity index (χ3n) is 21.6. The number of alkyl halides is 1. The average Bonchev–Trinajstić information content (AvgIpc) is 4.03. The van der Waals surface area contributed by atoms with E-state index in [0.29, 0.717) is 49.1 Å². The highest BCUT2D eigenvalue weighted by Crippen LogP contribution is 2.69. The standard InChI is InChI=1S/C59H85FN4O9/c1-30(2)49(63-53(70)44-14-12-24-64(44)54(71)33(5)62-52(69)32(4)61)55(72)73-46(26-35-16-18-39-37-17-15-34-13-10-11-21-56(34,6)40(37)20-23-57(35,39)7)50(67)51(68)47-31(3)25-41-38-28-43(60)42-27-36(65)19-22-58(42,8)48(38)45(66)29-59(41,47)9/h11,13,19,21-22,27,30-33,35,37-41,43-50,66-67H,10,12,14-18,20,23-26,28-29,61H2,1-9H3,(H,62,69)(H,63,70)/t31-,32+,33+,35-,37+,38+,39+,40+,41+,43+,44+,45+,46?,47-,48-,49+,50?,56+,57-,58+,59+/m1/s1. The summed E-state index contributed by atoms with van der Waals surface area (Å²) in [7, 11) is 0. The molecular weight excluding hydrogens is 928 g/mol. The molecule has 73 heavy (non-hydrogen) atoms. The fourth-order valence-corrected chi connectivity index (χ4v) is 18.0. The van der Waals surface area contributed by atoms with Crippen molar-refractivity contribution >= 4 is 35.3 Å². The van der Waals surface area contributed by atoms with E-state index < -0.39 is 101 Å². The summed E-state index contributed by atoms with van der Waals surface area (Å²) >= 11 is 0. The van der Waals surface area contributed by atoms with E-state index in [4.69, 9.17) is 10.5 Å². The van der Waals surface area contributed by atoms with Gasteiger partial charge in [-0.2, -0.15) is 0 Å². The normalized spacial score (nSPS) is 42.3. The number of likely N-dealkylation sites (tertiary alicyclic amines) is 1. The van der Waals surface area contributed by atoms with Crippen LogP contribution in [0.4, 0.5) is 4.39 Å². The second-order valence-electron chi connectivity index (χ2n) is 26.0. The fraction of sp³-hybridized carbons (Fsp3) is 0.763. The molecule has 0 aromatic carbocycles. The minimum Gasteiger partial charge on any atom is -0.458 e. The van der Waals surface area contributed by atoms with Crippen molar-refractivity contribution in [3.8, 4) is 0 Å². The summed E-state index contributed by atoms with van der Waals surface area (Å²) < 4.78 is 22.9. The number of hydrogen-bond donors (Lipinski definition) is 5. The monoisotopic (exact) mass is 1010 g/mol. The third kappa shape index (κ3) is 9.04. The zero-order valence-electron chi connectivity index (χ0n) is 44.9. The van der Waals surface area contributed by atoms with Crippen molar-refractivity contribution in [3.05, 3.63) is 47.6 Å². The smallest absolute Gasteiger partial charge is 0.329 e. The quantitative estimate of drug-likeness (QED) is 0.0941. The number of carbonyl (C=O) groups is 6. The van der Waals surface area contributed by atoms with Crippen LogP contribution in [0, 0.1) is 80.8 Å². The summed E-state index contributed by atoms with van der Waals surface area (Å²) in [5.41, 5.74) is 5.96. The first-order valence-electron chi connectivity index (χ1n) is 28.1. The van der Waals surface area contributed by atoms with Crippen LogP contribution in [0.3, 0.4) is 0 Å². The molecule has 9 rings (SSSR count). The van der Waals surface area contributed by atoms with Gasteiger partial charge >= 0.3 is 5.97 Å². The number of carbonyl (C=O) groups excluding carboxylic acids is 6. The molecule has 1 heterocycles. The van der Waals surface area contributed by atoms with Crippen LogP contribution < -0.4 is 16.4 Å². The Hall–Kier alpha value is -4.01. The van der Waals surface area contributed by atoms with Gasteiger partial charge in [0.25, 0.3) is 0 Å². The summed E-state index contributed by atoms with van der Waals surface area (Å²) in [5.74, 6) is -3.64. The first-order chi connectivity index (χ1) is 34.3. The fourth-order valence-electron chi connectivity index (χ4n) is 18.0. The molecule has 14 heteroatoms. The topological polar surface area (TPSA) is 205 Å². The lowest BCUT2D eigenvalue weighted by Crippen LogP contribution is -2.59. The highest BCUT2D eigenvalue weighted by molar-refractivity contribution is 6.01. The van der Waals surface area contributed by atoms with Gasteiger partial charge in [0, 0.05) is 29.2 Å². The van der Waals surface area contributed by atoms with Crippen LogP contribution in [0.2, 0.25) is 0 Å². The molecule has 0 aromatic heterocycles. The second-order valence-corrected chi connectivity index (χ2v) is 26.0. The maximum Gasteiger partial charge on any atom is 0.329 e. The van der Waals surface area contributed by atoms with Gasteiger partial charge in [-0.1, -0.05) is 78.3 Å². The molecule has 0 bridgehead atoms. The van der Waals surface area contributed by atoms with E-state index in [-0.39, 0.29) is 65.5 Å². The summed E-state index contributed by atoms with van der Waals surface area (Å²) in [6.07, 6.45) is 15.9. The Morgan fingerprint density at radius 3 is 2.37 bits per heavy atom. The Morgan fingerprint density at radius 1 is 0.918 bits per heavy atom. The van der Waals surface area contributed by atoms with E-state index >= 15 is 9.18 Å². The minimum atomic E-state index is -1.71. The molecule has 8 aliphatic carbocycles. The van der Waals surface area contributed by atoms with Gasteiger partial charge in [-0.15, -0.1) is 0 Å². The van der Waals surface area contributed by atoms with E-state index in [0.717, 1.165) is 44.9 Å². The number of Topliss-reactive ketones (excluding diaryl/α,β-unsaturated/α-hetero) is 1. The van der Waals surface area contributed by atoms with E-state index in [1.807, 2.05) is 20.8 Å². The Bertz CT molecular complexity index is 2360. The third-order valence-corrected chi connectivity index (χ3v) is 21.6. The van der Waals surface area contributed by atoms with E-state index in [1.165, 1.54) is 24.0 Å². The Balaban J connectivity index is 0.981. The van der Waals surface area contributed by atoms with Crippen LogP contribution in [0.25, 0.3) is 0 Å². The molecule has 6 saturated carbocycles. The molecular formula is C59H85FN4O9. The molecule has 21 atom stereocenters. The number of esters is 1. The molecule has 1 aliphatic heterocycles. The predicted octanol–water partition coefficient (Wildman–Crippen LogP) is 7.04. The summed E-state index contributed by atoms with van der Waals surface area (Å²) in [5, 5.41) is 30.5. The van der Waals surface area contributed by atoms with E-state index in [9.17, 15) is 34.2 Å². The van der Waals surface area contributed by atoms with Gasteiger partial charge in [0.15, 0.2) is 11.6 Å². The lowest BCUT2D eigenvalue weighted by atomic mass is 9.46. The first-order valence-corrected chi connectivity index (χ1v) is 28.1. The Morgan fingerprint density at radius 2 is 1.66 bits per heavy atom. The number of ether oxygens (including phenoxy) is 1. The first kappa shape index (κ1) is 53.8. The molecule has 7 fully saturated rings. The number of aliphatic hydroxyl groups excluding tert-OH is 2. The van der Waals surface area contributed by atoms with Gasteiger partial charge in [-0.25, -0.2) is 9.18 Å². The zero-order valence-corrected chi connectivity index (χ0v) is 44.9. The van der Waals surface area contributed by atoms with Crippen LogP contribution in [0.5, 0.6) is 0 Å². The molecule has 0 aromatic rings. The molecule has 3 amide bonds. The molecule has 6 N–H and O–H groups in total. The number of nitrogens with zero attached hydrogens (tertiary/aromatic N) is 1. The number of allylic oxidation sites excluding steroid dienone is 8. The number of hydrogen-bond acceptors (Lipinski definition) is 10. The number of amides is 3. The van der Waals surface area contributed by atoms with Gasteiger partial charge in [0.1, 0.15) is 36.5 Å². The summed E-state index contributed by atoms with van der Waals surface area (Å²) in [4.78, 5) is 84.4. The van der Waals surface area contributed by atoms with Crippen molar-refractivity contribution in [1.29, 1.82) is 0 Å². The average molecular weight is 1010 g/mol. The van der Waals surface area contributed by atoms with Crippen LogP contribution in [-0.2, 0) is 33.5 Å². The maximum atomic E-state index is 16.3. The number of rotatable bonds is 13. The van der Waals surface area contributed by atoms with E-state index in [1.54, 1.807) is 32.4 Å².